The first kappa shape index (κ1) is 11.6. The molecule has 0 aromatic carbocycles. The van der Waals surface area contributed by atoms with E-state index in [1.807, 2.05) is 12.3 Å². The summed E-state index contributed by atoms with van der Waals surface area (Å²) in [5, 5.41) is 4.16. The number of hydrogen-bond donors (Lipinski definition) is 0. The van der Waals surface area contributed by atoms with Gasteiger partial charge in [-0.1, -0.05) is 0 Å². The number of esters is 1. The molecule has 2 bridgehead atoms. The van der Waals surface area contributed by atoms with E-state index in [1.54, 1.807) is 23.3 Å². The highest BCUT2D eigenvalue weighted by Crippen LogP contribution is 2.73. The number of carbonyl (C=O) groups is 1. The molecule has 2 heterocycles. The maximum absolute atomic E-state index is 11.7. The largest absolute Gasteiger partial charge is 0.469 e. The van der Waals surface area contributed by atoms with E-state index in [1.165, 1.54) is 7.11 Å². The molecule has 3 fully saturated rings. The molecule has 102 valence electrons. The third kappa shape index (κ3) is 1.33. The Morgan fingerprint density at radius 1 is 1.35 bits per heavy atom. The van der Waals surface area contributed by atoms with Crippen LogP contribution < -0.4 is 0 Å². The van der Waals surface area contributed by atoms with E-state index in [9.17, 15) is 4.79 Å². The average Bonchev–Trinajstić information content (AvgIpc) is 2.89. The van der Waals surface area contributed by atoms with E-state index in [-0.39, 0.29) is 16.8 Å². The fourth-order valence-electron chi connectivity index (χ4n) is 3.62. The highest BCUT2D eigenvalue weighted by Gasteiger charge is 2.73. The van der Waals surface area contributed by atoms with Gasteiger partial charge in [-0.2, -0.15) is 5.10 Å². The molecule has 0 aliphatic heterocycles. The molecule has 20 heavy (non-hydrogen) atoms. The molecule has 0 unspecified atom stereocenters. The first-order valence-electron chi connectivity index (χ1n) is 6.59. The molecule has 6 heteroatoms. The second-order valence-corrected chi connectivity index (χ2v) is 5.80. The van der Waals surface area contributed by atoms with Gasteiger partial charge in [-0.25, -0.2) is 9.67 Å². The minimum absolute atomic E-state index is 0.0182. The van der Waals surface area contributed by atoms with Gasteiger partial charge in [0.05, 0.1) is 24.4 Å². The van der Waals surface area contributed by atoms with E-state index >= 15 is 0 Å². The fourth-order valence-corrected chi connectivity index (χ4v) is 3.62. The van der Waals surface area contributed by atoms with Crippen molar-refractivity contribution in [3.05, 3.63) is 36.5 Å². The fraction of sp³-hybridized carbons (Fsp3) is 0.429. The third-order valence-corrected chi connectivity index (χ3v) is 4.55. The van der Waals surface area contributed by atoms with Gasteiger partial charge >= 0.3 is 5.97 Å². The monoisotopic (exact) mass is 270 g/mol. The Morgan fingerprint density at radius 2 is 2.15 bits per heavy atom. The summed E-state index contributed by atoms with van der Waals surface area (Å²) in [7, 11) is 1.45. The molecular formula is C14H14N4O2. The Labute approximate surface area is 115 Å². The predicted octanol–water partition coefficient (Wildman–Crippen LogP) is 1.26. The number of hydrogen-bond acceptors (Lipinski definition) is 5. The van der Waals surface area contributed by atoms with Gasteiger partial charge in [-0.05, 0) is 25.3 Å². The van der Waals surface area contributed by atoms with Gasteiger partial charge in [-0.3, -0.25) is 9.78 Å². The van der Waals surface area contributed by atoms with Crippen LogP contribution in [0.3, 0.4) is 0 Å². The normalized spacial score (nSPS) is 30.2. The summed E-state index contributed by atoms with van der Waals surface area (Å²) in [6, 6.07) is 1.85. The topological polar surface area (TPSA) is 69.9 Å². The van der Waals surface area contributed by atoms with Gasteiger partial charge < -0.3 is 4.74 Å². The highest BCUT2D eigenvalue weighted by atomic mass is 16.5. The summed E-state index contributed by atoms with van der Waals surface area (Å²) < 4.78 is 6.56. The minimum Gasteiger partial charge on any atom is -0.469 e. The van der Waals surface area contributed by atoms with E-state index in [4.69, 9.17) is 4.74 Å². The van der Waals surface area contributed by atoms with Crippen LogP contribution in [0.25, 0.3) is 5.82 Å². The van der Waals surface area contributed by atoms with Crippen molar-refractivity contribution in [2.24, 2.45) is 5.41 Å². The smallest absolute Gasteiger partial charge is 0.311 e. The summed E-state index contributed by atoms with van der Waals surface area (Å²) in [6.45, 7) is 0. The van der Waals surface area contributed by atoms with Crippen molar-refractivity contribution in [3.63, 3.8) is 0 Å². The number of ether oxygens (including phenoxy) is 1. The molecule has 3 aliphatic carbocycles. The van der Waals surface area contributed by atoms with Gasteiger partial charge in [0.1, 0.15) is 0 Å². The molecule has 6 nitrogen and oxygen atoms in total. The van der Waals surface area contributed by atoms with Crippen molar-refractivity contribution in [1.82, 2.24) is 19.7 Å². The molecule has 0 radical (unpaired) electrons. The van der Waals surface area contributed by atoms with Crippen molar-refractivity contribution in [2.45, 2.75) is 24.7 Å². The molecule has 0 amide bonds. The molecule has 3 saturated carbocycles. The second-order valence-electron chi connectivity index (χ2n) is 5.80. The maximum Gasteiger partial charge on any atom is 0.311 e. The van der Waals surface area contributed by atoms with Gasteiger partial charge in [0.2, 0.25) is 0 Å². The number of aromatic nitrogens is 4. The van der Waals surface area contributed by atoms with E-state index in [0.717, 1.165) is 25.0 Å². The molecule has 0 atom stereocenters. The van der Waals surface area contributed by atoms with Crippen LogP contribution in [0.4, 0.5) is 0 Å². The first-order valence-corrected chi connectivity index (χ1v) is 6.59. The lowest BCUT2D eigenvalue weighted by molar-refractivity contribution is -0.198. The van der Waals surface area contributed by atoms with Crippen molar-refractivity contribution in [1.29, 1.82) is 0 Å². The van der Waals surface area contributed by atoms with Crippen LogP contribution >= 0.6 is 0 Å². The number of carbonyl (C=O) groups excluding carboxylic acids is 1. The molecule has 0 saturated heterocycles. The zero-order valence-electron chi connectivity index (χ0n) is 11.1. The Hall–Kier alpha value is -2.24. The number of methoxy groups -OCH3 is 1. The molecule has 2 aromatic rings. The lowest BCUT2D eigenvalue weighted by Gasteiger charge is -2.67. The summed E-state index contributed by atoms with van der Waals surface area (Å²) in [5.74, 6) is 0.625. The van der Waals surface area contributed by atoms with Crippen LogP contribution in [-0.2, 0) is 14.9 Å². The Morgan fingerprint density at radius 3 is 2.80 bits per heavy atom. The summed E-state index contributed by atoms with van der Waals surface area (Å²) in [4.78, 5) is 20.6. The standard InChI is InChI=1S/C14H14N4O2/c1-20-12(19)14-7-13(8-14,9-14)10-5-15-6-11(17-10)18-4-2-3-16-18/h2-6H,7-9H2,1H3. The molecule has 0 N–H and O–H groups in total. The van der Waals surface area contributed by atoms with Gasteiger partial charge in [-0.15, -0.1) is 0 Å². The van der Waals surface area contributed by atoms with Crippen LogP contribution in [0.5, 0.6) is 0 Å². The lowest BCUT2D eigenvalue weighted by Crippen LogP contribution is -2.68. The molecule has 5 rings (SSSR count). The third-order valence-electron chi connectivity index (χ3n) is 4.55. The summed E-state index contributed by atoms with van der Waals surface area (Å²) in [5.41, 5.74) is 0.721. The zero-order valence-corrected chi connectivity index (χ0v) is 11.1. The summed E-state index contributed by atoms with van der Waals surface area (Å²) >= 11 is 0. The second kappa shape index (κ2) is 3.65. The van der Waals surface area contributed by atoms with Crippen molar-refractivity contribution < 1.29 is 9.53 Å². The van der Waals surface area contributed by atoms with Crippen molar-refractivity contribution in [3.8, 4) is 5.82 Å². The van der Waals surface area contributed by atoms with Gasteiger partial charge in [0.25, 0.3) is 0 Å². The van der Waals surface area contributed by atoms with Crippen LogP contribution in [0, 0.1) is 5.41 Å². The van der Waals surface area contributed by atoms with Crippen LogP contribution in [-0.4, -0.2) is 32.8 Å². The number of nitrogens with zero attached hydrogens (tertiary/aromatic N) is 4. The van der Waals surface area contributed by atoms with Gasteiger partial charge in [0.15, 0.2) is 5.82 Å². The maximum atomic E-state index is 11.7. The SMILES string of the molecule is COC(=O)C12CC(c3cncc(-n4cccn4)n3)(C1)C2. The van der Waals surface area contributed by atoms with E-state index < -0.39 is 0 Å². The predicted molar refractivity (Wildman–Crippen MR) is 69.1 cm³/mol. The molecule has 2 aromatic heterocycles. The van der Waals surface area contributed by atoms with Gasteiger partial charge in [0, 0.05) is 24.0 Å². The first-order chi connectivity index (χ1) is 9.67. The lowest BCUT2D eigenvalue weighted by atomic mass is 9.34. The molecule has 3 aliphatic rings. The van der Waals surface area contributed by atoms with Crippen LogP contribution in [0.1, 0.15) is 25.0 Å². The minimum atomic E-state index is -0.252. The van der Waals surface area contributed by atoms with Crippen molar-refractivity contribution >= 4 is 5.97 Å². The zero-order chi connectivity index (χ0) is 13.8. The average molecular weight is 270 g/mol. The van der Waals surface area contributed by atoms with Crippen LogP contribution in [0.2, 0.25) is 0 Å². The molecular weight excluding hydrogens is 256 g/mol. The van der Waals surface area contributed by atoms with Crippen molar-refractivity contribution in [2.75, 3.05) is 7.11 Å². The van der Waals surface area contributed by atoms with Crippen LogP contribution in [0.15, 0.2) is 30.9 Å². The Balaban J connectivity index is 1.61. The quantitative estimate of drug-likeness (QED) is 0.785. The molecule has 0 spiro atoms. The number of rotatable bonds is 3. The Kier molecular flexibility index (Phi) is 2.11. The van der Waals surface area contributed by atoms with E-state index in [0.29, 0.717) is 5.82 Å². The Bertz CT molecular complexity index is 660. The summed E-state index contributed by atoms with van der Waals surface area (Å²) in [6.07, 6.45) is 9.51. The highest BCUT2D eigenvalue weighted by molar-refractivity contribution is 5.82. The van der Waals surface area contributed by atoms with E-state index in [2.05, 4.69) is 15.1 Å².